The monoisotopic (exact) mass is 201 g/mol. The van der Waals surface area contributed by atoms with Crippen LogP contribution in [0.3, 0.4) is 0 Å². The maximum absolute atomic E-state index is 5.73. The van der Waals surface area contributed by atoms with E-state index in [-0.39, 0.29) is 0 Å². The molecule has 0 radical (unpaired) electrons. The van der Waals surface area contributed by atoms with Crippen molar-refractivity contribution in [2.75, 3.05) is 5.73 Å². The number of hydrogen-bond donors (Lipinski definition) is 1. The van der Waals surface area contributed by atoms with Crippen LogP contribution in [0.4, 0.5) is 5.82 Å². The summed E-state index contributed by atoms with van der Waals surface area (Å²) in [6.07, 6.45) is 7.89. The highest BCUT2D eigenvalue weighted by Crippen LogP contribution is 2.10. The molecule has 3 aromatic heterocycles. The number of nitrogens with two attached hydrogens (primary N) is 1. The van der Waals surface area contributed by atoms with Gasteiger partial charge in [0.2, 0.25) is 0 Å². The van der Waals surface area contributed by atoms with Crippen molar-refractivity contribution in [2.24, 2.45) is 0 Å². The topological polar surface area (TPSA) is 87.4 Å². The Morgan fingerprint density at radius 1 is 1.00 bits per heavy atom. The highest BCUT2D eigenvalue weighted by atomic mass is 15.5. The van der Waals surface area contributed by atoms with E-state index in [9.17, 15) is 0 Å². The van der Waals surface area contributed by atoms with Crippen molar-refractivity contribution in [1.29, 1.82) is 0 Å². The van der Waals surface area contributed by atoms with Gasteiger partial charge in [0, 0.05) is 0 Å². The first-order valence-electron chi connectivity index (χ1n) is 4.28. The highest BCUT2D eigenvalue weighted by molar-refractivity contribution is 5.69. The number of nitrogens with zero attached hydrogens (tertiary/aromatic N) is 6. The van der Waals surface area contributed by atoms with Crippen molar-refractivity contribution >= 4 is 17.0 Å². The zero-order valence-corrected chi connectivity index (χ0v) is 7.65. The van der Waals surface area contributed by atoms with E-state index < -0.39 is 0 Å². The second kappa shape index (κ2) is 2.77. The summed E-state index contributed by atoms with van der Waals surface area (Å²) in [5.41, 5.74) is 7.13. The quantitative estimate of drug-likeness (QED) is 0.594. The van der Waals surface area contributed by atoms with Crippen LogP contribution in [-0.4, -0.2) is 29.3 Å². The second-order valence-corrected chi connectivity index (χ2v) is 2.98. The summed E-state index contributed by atoms with van der Waals surface area (Å²) in [6.45, 7) is 0. The Kier molecular flexibility index (Phi) is 1.46. The van der Waals surface area contributed by atoms with Gasteiger partial charge >= 0.3 is 0 Å². The predicted octanol–water partition coefficient (Wildman–Crippen LogP) is -0.0836. The molecule has 0 bridgehead atoms. The van der Waals surface area contributed by atoms with E-state index in [1.807, 2.05) is 0 Å². The molecule has 74 valence electrons. The van der Waals surface area contributed by atoms with Crippen molar-refractivity contribution in [3.63, 3.8) is 0 Å². The van der Waals surface area contributed by atoms with Crippen molar-refractivity contribution in [3.05, 3.63) is 31.4 Å². The van der Waals surface area contributed by atoms with Crippen molar-refractivity contribution in [3.8, 4) is 0 Å². The molecule has 0 saturated carbocycles. The lowest BCUT2D eigenvalue weighted by molar-refractivity contribution is 0.681. The normalized spacial score (nSPS) is 10.9. The van der Waals surface area contributed by atoms with Crippen LogP contribution in [0.15, 0.2) is 31.4 Å². The number of fused-ring (bicyclic) bond motifs is 1. The van der Waals surface area contributed by atoms with E-state index in [0.29, 0.717) is 17.0 Å². The van der Waals surface area contributed by atoms with Gasteiger partial charge in [-0.15, -0.1) is 0 Å². The molecule has 0 aliphatic rings. The third kappa shape index (κ3) is 1.06. The maximum atomic E-state index is 5.73. The standard InChI is InChI=1S/C8H7N7/c9-7-2-11-4-14(7)15-5-13-6-1-10-3-12-8(6)15/h1-5H,9H2. The molecule has 0 spiro atoms. The molecule has 0 atom stereocenters. The lowest BCUT2D eigenvalue weighted by atomic mass is 10.6. The lowest BCUT2D eigenvalue weighted by Crippen LogP contribution is -2.10. The van der Waals surface area contributed by atoms with E-state index in [1.165, 1.54) is 6.33 Å². The first kappa shape index (κ1) is 7.92. The van der Waals surface area contributed by atoms with Gasteiger partial charge in [0.15, 0.2) is 5.65 Å². The lowest BCUT2D eigenvalue weighted by Gasteiger charge is -2.04. The number of nitrogen functional groups attached to an aromatic ring is 1. The molecule has 3 aromatic rings. The van der Waals surface area contributed by atoms with Crippen molar-refractivity contribution in [2.45, 2.75) is 0 Å². The molecule has 7 nitrogen and oxygen atoms in total. The fraction of sp³-hybridized carbons (Fsp3) is 0. The van der Waals surface area contributed by atoms with Crippen molar-refractivity contribution in [1.82, 2.24) is 29.3 Å². The first-order valence-corrected chi connectivity index (χ1v) is 4.28. The van der Waals surface area contributed by atoms with Gasteiger partial charge in [-0.2, -0.15) is 0 Å². The molecule has 7 heteroatoms. The number of hydrogen-bond acceptors (Lipinski definition) is 5. The van der Waals surface area contributed by atoms with Crippen LogP contribution < -0.4 is 5.73 Å². The van der Waals surface area contributed by atoms with Gasteiger partial charge in [-0.25, -0.2) is 29.3 Å². The summed E-state index contributed by atoms with van der Waals surface area (Å²) in [4.78, 5) is 16.1. The van der Waals surface area contributed by atoms with E-state index in [2.05, 4.69) is 19.9 Å². The van der Waals surface area contributed by atoms with E-state index >= 15 is 0 Å². The number of anilines is 1. The minimum atomic E-state index is 0.521. The smallest absolute Gasteiger partial charge is 0.182 e. The average molecular weight is 201 g/mol. The third-order valence-electron chi connectivity index (χ3n) is 2.08. The third-order valence-corrected chi connectivity index (χ3v) is 2.08. The summed E-state index contributed by atoms with van der Waals surface area (Å²) < 4.78 is 3.36. The highest BCUT2D eigenvalue weighted by Gasteiger charge is 2.06. The Morgan fingerprint density at radius 3 is 2.73 bits per heavy atom. The van der Waals surface area contributed by atoms with Gasteiger partial charge in [-0.3, -0.25) is 0 Å². The molecular weight excluding hydrogens is 194 g/mol. The largest absolute Gasteiger partial charge is 0.382 e. The molecule has 0 amide bonds. The molecule has 2 N–H and O–H groups in total. The minimum Gasteiger partial charge on any atom is -0.382 e. The Balaban J connectivity index is 2.32. The van der Waals surface area contributed by atoms with Gasteiger partial charge in [-0.05, 0) is 0 Å². The zero-order valence-electron chi connectivity index (χ0n) is 7.65. The average Bonchev–Trinajstić information content (AvgIpc) is 2.83. The summed E-state index contributed by atoms with van der Waals surface area (Å²) >= 11 is 0. The van der Waals surface area contributed by atoms with Crippen LogP contribution in [0.5, 0.6) is 0 Å². The molecule has 0 saturated heterocycles. The van der Waals surface area contributed by atoms with Gasteiger partial charge in [0.1, 0.15) is 30.3 Å². The summed E-state index contributed by atoms with van der Waals surface area (Å²) in [7, 11) is 0. The summed E-state index contributed by atoms with van der Waals surface area (Å²) in [5, 5.41) is 0. The molecule has 0 aliphatic carbocycles. The van der Waals surface area contributed by atoms with E-state index in [4.69, 9.17) is 5.73 Å². The molecule has 3 heterocycles. The Labute approximate surface area is 84.2 Å². The first-order chi connectivity index (χ1) is 7.36. The maximum Gasteiger partial charge on any atom is 0.182 e. The number of rotatable bonds is 1. The van der Waals surface area contributed by atoms with Crippen LogP contribution in [0, 0.1) is 0 Å². The van der Waals surface area contributed by atoms with Crippen LogP contribution in [0.1, 0.15) is 0 Å². The van der Waals surface area contributed by atoms with Crippen LogP contribution >= 0.6 is 0 Å². The number of aromatic nitrogens is 6. The van der Waals surface area contributed by atoms with E-state index in [0.717, 1.165) is 0 Å². The molecule has 0 unspecified atom stereocenters. The van der Waals surface area contributed by atoms with Crippen LogP contribution in [-0.2, 0) is 0 Å². The van der Waals surface area contributed by atoms with Crippen LogP contribution in [0.2, 0.25) is 0 Å². The van der Waals surface area contributed by atoms with Gasteiger partial charge in [-0.1, -0.05) is 0 Å². The predicted molar refractivity (Wildman–Crippen MR) is 52.8 cm³/mol. The Morgan fingerprint density at radius 2 is 1.93 bits per heavy atom. The Hall–Kier alpha value is -2.44. The summed E-state index contributed by atoms with van der Waals surface area (Å²) in [6, 6.07) is 0. The fourth-order valence-electron chi connectivity index (χ4n) is 1.39. The molecule has 0 fully saturated rings. The van der Waals surface area contributed by atoms with Gasteiger partial charge in [0.25, 0.3) is 0 Å². The van der Waals surface area contributed by atoms with Crippen LogP contribution in [0.25, 0.3) is 11.2 Å². The molecule has 0 aliphatic heterocycles. The van der Waals surface area contributed by atoms with Crippen molar-refractivity contribution < 1.29 is 0 Å². The van der Waals surface area contributed by atoms with Gasteiger partial charge < -0.3 is 5.73 Å². The Bertz CT molecular complexity index is 608. The van der Waals surface area contributed by atoms with E-state index in [1.54, 1.807) is 34.4 Å². The summed E-state index contributed by atoms with van der Waals surface area (Å²) in [5.74, 6) is 0.521. The number of imidazole rings is 2. The van der Waals surface area contributed by atoms with Gasteiger partial charge in [0.05, 0.1) is 12.4 Å². The second-order valence-electron chi connectivity index (χ2n) is 2.98. The minimum absolute atomic E-state index is 0.521. The zero-order chi connectivity index (χ0) is 10.3. The molecule has 15 heavy (non-hydrogen) atoms. The molecular formula is C8H7N7. The SMILES string of the molecule is Nc1cncn1-n1cnc2cncnc21. The fourth-order valence-corrected chi connectivity index (χ4v) is 1.39. The molecule has 3 rings (SSSR count). The molecule has 0 aromatic carbocycles.